The van der Waals surface area contributed by atoms with Gasteiger partial charge in [-0.15, -0.1) is 11.8 Å². The van der Waals surface area contributed by atoms with Gasteiger partial charge >= 0.3 is 0 Å². The van der Waals surface area contributed by atoms with Gasteiger partial charge in [-0.1, -0.05) is 0 Å². The van der Waals surface area contributed by atoms with Crippen molar-refractivity contribution in [2.24, 2.45) is 5.73 Å². The molecule has 0 aromatic carbocycles. The van der Waals surface area contributed by atoms with E-state index in [0.29, 0.717) is 13.0 Å². The lowest BCUT2D eigenvalue weighted by atomic mass is 10.3. The van der Waals surface area contributed by atoms with Crippen LogP contribution < -0.4 is 11.1 Å². The Morgan fingerprint density at radius 1 is 1.73 bits per heavy atom. The van der Waals surface area contributed by atoms with Crippen molar-refractivity contribution in [1.29, 1.82) is 0 Å². The Kier molecular flexibility index (Phi) is 5.22. The van der Waals surface area contributed by atoms with Gasteiger partial charge in [0.1, 0.15) is 0 Å². The highest BCUT2D eigenvalue weighted by Gasteiger charge is 2.03. The molecule has 11 heavy (non-hydrogen) atoms. The van der Waals surface area contributed by atoms with Crippen LogP contribution in [0, 0.1) is 11.8 Å². The maximum absolute atomic E-state index is 10.8. The fourth-order valence-electron chi connectivity index (χ4n) is 0.534. The Morgan fingerprint density at radius 3 is 2.82 bits per heavy atom. The molecule has 0 saturated carbocycles. The molecule has 0 aliphatic heterocycles. The molecule has 0 bridgehead atoms. The van der Waals surface area contributed by atoms with Crippen LogP contribution in [0.2, 0.25) is 0 Å². The largest absolute Gasteiger partial charge is 0.354 e. The fourth-order valence-corrected chi connectivity index (χ4v) is 0.534. The normalized spacial score (nSPS) is 11.2. The average Bonchev–Trinajstić information content (AvgIpc) is 1.97. The van der Waals surface area contributed by atoms with E-state index >= 15 is 0 Å². The van der Waals surface area contributed by atoms with E-state index in [9.17, 15) is 4.79 Å². The van der Waals surface area contributed by atoms with Gasteiger partial charge in [0.25, 0.3) is 0 Å². The number of carbonyl (C=O) groups excluding carboxylic acids is 1. The van der Waals surface area contributed by atoms with Crippen molar-refractivity contribution >= 4 is 5.91 Å². The van der Waals surface area contributed by atoms with Crippen LogP contribution in [0.25, 0.3) is 0 Å². The van der Waals surface area contributed by atoms with Crippen LogP contribution >= 0.6 is 0 Å². The predicted molar refractivity (Wildman–Crippen MR) is 44.7 cm³/mol. The summed E-state index contributed by atoms with van der Waals surface area (Å²) < 4.78 is 0. The van der Waals surface area contributed by atoms with Crippen molar-refractivity contribution in [3.63, 3.8) is 0 Å². The van der Waals surface area contributed by atoms with Crippen LogP contribution in [0.1, 0.15) is 20.3 Å². The third-order valence-corrected chi connectivity index (χ3v) is 1.14. The number of hydrogen-bond acceptors (Lipinski definition) is 2. The molecular weight excluding hydrogens is 140 g/mol. The zero-order valence-electron chi connectivity index (χ0n) is 6.98. The Hall–Kier alpha value is -1.01. The van der Waals surface area contributed by atoms with Gasteiger partial charge < -0.3 is 11.1 Å². The summed E-state index contributed by atoms with van der Waals surface area (Å²) in [5.41, 5.74) is 5.30. The summed E-state index contributed by atoms with van der Waals surface area (Å²) in [6.07, 6.45) is 0.689. The van der Waals surface area contributed by atoms with Gasteiger partial charge in [-0.05, 0) is 13.8 Å². The Morgan fingerprint density at radius 2 is 2.36 bits per heavy atom. The maximum atomic E-state index is 10.8. The van der Waals surface area contributed by atoms with Crippen LogP contribution in [-0.4, -0.2) is 18.5 Å². The van der Waals surface area contributed by atoms with E-state index in [2.05, 4.69) is 17.2 Å². The number of nitrogens with one attached hydrogen (secondary N) is 1. The third-order valence-electron chi connectivity index (χ3n) is 1.14. The van der Waals surface area contributed by atoms with Gasteiger partial charge in [-0.2, -0.15) is 0 Å². The molecule has 0 saturated heterocycles. The molecule has 1 atom stereocenters. The molecule has 3 N–H and O–H groups in total. The molecule has 0 spiro atoms. The van der Waals surface area contributed by atoms with Crippen molar-refractivity contribution < 1.29 is 4.79 Å². The van der Waals surface area contributed by atoms with Gasteiger partial charge in [-0.3, -0.25) is 4.79 Å². The Bertz CT molecular complexity index is 176. The molecule has 0 radical (unpaired) electrons. The van der Waals surface area contributed by atoms with E-state index < -0.39 is 6.04 Å². The smallest absolute Gasteiger partial charge is 0.236 e. The molecule has 0 unspecified atom stereocenters. The van der Waals surface area contributed by atoms with Crippen LogP contribution in [0.5, 0.6) is 0 Å². The van der Waals surface area contributed by atoms with Gasteiger partial charge in [0, 0.05) is 13.0 Å². The summed E-state index contributed by atoms with van der Waals surface area (Å²) in [4.78, 5) is 10.8. The minimum Gasteiger partial charge on any atom is -0.354 e. The van der Waals surface area contributed by atoms with Crippen molar-refractivity contribution in [2.45, 2.75) is 26.3 Å². The minimum absolute atomic E-state index is 0.122. The standard InChI is InChI=1S/C8H14N2O/c1-3-4-5-6-10-8(11)7(2)9/h7H,5-6,9H2,1-2H3,(H,10,11)/t7-/m1/s1. The highest BCUT2D eigenvalue weighted by Crippen LogP contribution is 1.76. The van der Waals surface area contributed by atoms with Crippen LogP contribution in [-0.2, 0) is 4.79 Å². The van der Waals surface area contributed by atoms with E-state index in [0.717, 1.165) is 0 Å². The van der Waals surface area contributed by atoms with Crippen molar-refractivity contribution in [1.82, 2.24) is 5.32 Å². The number of nitrogens with two attached hydrogens (primary N) is 1. The first kappa shape index (κ1) is 9.99. The van der Waals surface area contributed by atoms with Crippen molar-refractivity contribution in [2.75, 3.05) is 6.54 Å². The van der Waals surface area contributed by atoms with E-state index in [1.165, 1.54) is 0 Å². The summed E-state index contributed by atoms with van der Waals surface area (Å²) in [5.74, 6) is 5.45. The van der Waals surface area contributed by atoms with Crippen molar-refractivity contribution in [3.05, 3.63) is 0 Å². The molecule has 0 aromatic heterocycles. The molecule has 0 rings (SSSR count). The van der Waals surface area contributed by atoms with Crippen LogP contribution in [0.15, 0.2) is 0 Å². The first-order chi connectivity index (χ1) is 5.18. The quantitative estimate of drug-likeness (QED) is 0.439. The molecule has 0 aromatic rings. The zero-order valence-corrected chi connectivity index (χ0v) is 6.98. The zero-order chi connectivity index (χ0) is 8.69. The Balaban J connectivity index is 3.37. The molecule has 62 valence electrons. The average molecular weight is 154 g/mol. The molecule has 3 heteroatoms. The second-order valence-electron chi connectivity index (χ2n) is 2.26. The summed E-state index contributed by atoms with van der Waals surface area (Å²) >= 11 is 0. The predicted octanol–water partition coefficient (Wildman–Crippen LogP) is -0.137. The van der Waals surface area contributed by atoms with Crippen molar-refractivity contribution in [3.8, 4) is 11.8 Å². The van der Waals surface area contributed by atoms with Gasteiger partial charge in [0.05, 0.1) is 6.04 Å². The lowest BCUT2D eigenvalue weighted by molar-refractivity contribution is -0.121. The molecular formula is C8H14N2O. The van der Waals surface area contributed by atoms with Crippen LogP contribution in [0.3, 0.4) is 0 Å². The number of carbonyl (C=O) groups is 1. The molecule has 1 amide bonds. The number of amides is 1. The lowest BCUT2D eigenvalue weighted by Gasteiger charge is -2.04. The molecule has 0 fully saturated rings. The maximum Gasteiger partial charge on any atom is 0.236 e. The summed E-state index contributed by atoms with van der Waals surface area (Å²) in [7, 11) is 0. The van der Waals surface area contributed by atoms with E-state index in [-0.39, 0.29) is 5.91 Å². The molecule has 0 aliphatic carbocycles. The van der Waals surface area contributed by atoms with Gasteiger partial charge in [-0.25, -0.2) is 0 Å². The second kappa shape index (κ2) is 5.75. The summed E-state index contributed by atoms with van der Waals surface area (Å²) in [5, 5.41) is 2.65. The highest BCUT2D eigenvalue weighted by atomic mass is 16.2. The lowest BCUT2D eigenvalue weighted by Crippen LogP contribution is -2.38. The summed E-state index contributed by atoms with van der Waals surface area (Å²) in [6, 6.07) is -0.426. The second-order valence-corrected chi connectivity index (χ2v) is 2.26. The first-order valence-electron chi connectivity index (χ1n) is 3.61. The fraction of sp³-hybridized carbons (Fsp3) is 0.625. The molecule has 3 nitrogen and oxygen atoms in total. The number of rotatable bonds is 3. The van der Waals surface area contributed by atoms with Crippen LogP contribution in [0.4, 0.5) is 0 Å². The van der Waals surface area contributed by atoms with E-state index in [1.807, 2.05) is 0 Å². The Labute approximate surface area is 67.3 Å². The van der Waals surface area contributed by atoms with E-state index in [4.69, 9.17) is 5.73 Å². The SMILES string of the molecule is CC#CCCNC(=O)[C@@H](C)N. The monoisotopic (exact) mass is 154 g/mol. The first-order valence-corrected chi connectivity index (χ1v) is 3.61. The number of hydrogen-bond donors (Lipinski definition) is 2. The van der Waals surface area contributed by atoms with E-state index in [1.54, 1.807) is 13.8 Å². The highest BCUT2D eigenvalue weighted by molar-refractivity contribution is 5.80. The summed E-state index contributed by atoms with van der Waals surface area (Å²) in [6.45, 7) is 4.01. The van der Waals surface area contributed by atoms with Gasteiger partial charge in [0.2, 0.25) is 5.91 Å². The molecule has 0 aliphatic rings. The molecule has 0 heterocycles. The van der Waals surface area contributed by atoms with Gasteiger partial charge in [0.15, 0.2) is 0 Å². The topological polar surface area (TPSA) is 55.1 Å². The third kappa shape index (κ3) is 5.43. The minimum atomic E-state index is -0.426.